The highest BCUT2D eigenvalue weighted by Gasteiger charge is 2.19. The van der Waals surface area contributed by atoms with Crippen LogP contribution < -0.4 is 21.7 Å². The van der Waals surface area contributed by atoms with E-state index in [1.165, 1.54) is 0 Å². The van der Waals surface area contributed by atoms with Crippen LogP contribution in [-0.2, 0) is 19.1 Å². The van der Waals surface area contributed by atoms with Crippen LogP contribution in [0.3, 0.4) is 0 Å². The highest BCUT2D eigenvalue weighted by atomic mass is 16.5. The van der Waals surface area contributed by atoms with E-state index in [4.69, 9.17) is 15.9 Å². The molecule has 0 aromatic carbocycles. The van der Waals surface area contributed by atoms with Crippen molar-refractivity contribution in [3.8, 4) is 0 Å². The summed E-state index contributed by atoms with van der Waals surface area (Å²) in [7, 11) is 0. The number of esters is 1. The molecule has 1 aromatic heterocycles. The Morgan fingerprint density at radius 2 is 2.07 bits per heavy atom. The molecule has 1 heterocycles. The maximum absolute atomic E-state index is 12.1. The van der Waals surface area contributed by atoms with Gasteiger partial charge >= 0.3 is 5.97 Å². The molecule has 0 aliphatic heterocycles. The van der Waals surface area contributed by atoms with Crippen LogP contribution in [0.4, 0.5) is 0 Å². The van der Waals surface area contributed by atoms with Gasteiger partial charge in [-0.25, -0.2) is 0 Å². The lowest BCUT2D eigenvalue weighted by Crippen LogP contribution is -2.39. The minimum atomic E-state index is -0.595. The standard InChI is InChI=1S/C17H26N6O4/c1-2-27-16(26)9-13(12-5-3-7-20-10-12)23-15(25)11-22-14(24)6-4-8-21-17(18)19/h3,5,7,10,13H,2,4,6,8-9,11H2,1H3,(H,22,24)(H,23,25)(H4,18,19,21). The molecule has 27 heavy (non-hydrogen) atoms. The molecule has 2 amide bonds. The molecule has 1 atom stereocenters. The van der Waals surface area contributed by atoms with Crippen molar-refractivity contribution in [2.24, 2.45) is 5.73 Å². The molecule has 0 fully saturated rings. The average Bonchev–Trinajstić information content (AvgIpc) is 2.64. The van der Waals surface area contributed by atoms with Crippen LogP contribution in [0.15, 0.2) is 24.5 Å². The molecule has 10 heteroatoms. The van der Waals surface area contributed by atoms with Crippen molar-refractivity contribution in [2.45, 2.75) is 32.2 Å². The molecule has 1 unspecified atom stereocenters. The predicted molar refractivity (Wildman–Crippen MR) is 98.5 cm³/mol. The SMILES string of the molecule is CCOC(=O)CC(NC(=O)CNC(=O)CCCNC(=N)N)c1cccnc1. The van der Waals surface area contributed by atoms with E-state index < -0.39 is 17.9 Å². The van der Waals surface area contributed by atoms with E-state index in [1.54, 1.807) is 31.5 Å². The van der Waals surface area contributed by atoms with Crippen molar-refractivity contribution in [3.05, 3.63) is 30.1 Å². The van der Waals surface area contributed by atoms with Gasteiger partial charge in [0.05, 0.1) is 25.6 Å². The Balaban J connectivity index is 2.47. The van der Waals surface area contributed by atoms with Crippen molar-refractivity contribution < 1.29 is 19.1 Å². The molecule has 148 valence electrons. The monoisotopic (exact) mass is 378 g/mol. The minimum absolute atomic E-state index is 0.0318. The third kappa shape index (κ3) is 9.78. The van der Waals surface area contributed by atoms with Gasteiger partial charge in [0.25, 0.3) is 0 Å². The highest BCUT2D eigenvalue weighted by Crippen LogP contribution is 2.16. The first kappa shape index (κ1) is 21.9. The van der Waals surface area contributed by atoms with Crippen molar-refractivity contribution in [2.75, 3.05) is 19.7 Å². The molecular formula is C17H26N6O4. The Kier molecular flexibility index (Phi) is 9.90. The average molecular weight is 378 g/mol. The van der Waals surface area contributed by atoms with E-state index in [2.05, 4.69) is 20.9 Å². The summed E-state index contributed by atoms with van der Waals surface area (Å²) in [5, 5.41) is 14.8. The molecule has 1 rings (SSSR count). The van der Waals surface area contributed by atoms with Crippen LogP contribution in [0.5, 0.6) is 0 Å². The zero-order valence-electron chi connectivity index (χ0n) is 15.3. The summed E-state index contributed by atoms with van der Waals surface area (Å²) in [6, 6.07) is 2.86. The summed E-state index contributed by atoms with van der Waals surface area (Å²) in [5.41, 5.74) is 5.80. The van der Waals surface area contributed by atoms with Crippen molar-refractivity contribution in [3.63, 3.8) is 0 Å². The summed E-state index contributed by atoms with van der Waals surface area (Å²) in [6.07, 6.45) is 3.80. The second-order valence-corrected chi connectivity index (χ2v) is 5.64. The van der Waals surface area contributed by atoms with Crippen LogP contribution in [0.1, 0.15) is 37.8 Å². The van der Waals surface area contributed by atoms with E-state index >= 15 is 0 Å². The zero-order chi connectivity index (χ0) is 20.1. The first-order chi connectivity index (χ1) is 12.9. The minimum Gasteiger partial charge on any atom is -0.466 e. The summed E-state index contributed by atoms with van der Waals surface area (Å²) in [6.45, 7) is 2.15. The van der Waals surface area contributed by atoms with E-state index in [1.807, 2.05) is 0 Å². The number of nitrogens with one attached hydrogen (secondary N) is 4. The lowest BCUT2D eigenvalue weighted by atomic mass is 10.1. The topological polar surface area (TPSA) is 159 Å². The predicted octanol–water partition coefficient (Wildman–Crippen LogP) is -0.428. The Labute approximate surface area is 157 Å². The molecule has 0 aliphatic rings. The number of pyridine rings is 1. The Bertz CT molecular complexity index is 638. The lowest BCUT2D eigenvalue weighted by molar-refractivity contribution is -0.144. The van der Waals surface area contributed by atoms with Crippen LogP contribution in [0.25, 0.3) is 0 Å². The largest absolute Gasteiger partial charge is 0.466 e. The molecule has 1 aromatic rings. The molecule has 0 aliphatic carbocycles. The van der Waals surface area contributed by atoms with Gasteiger partial charge in [0.15, 0.2) is 5.96 Å². The second-order valence-electron chi connectivity index (χ2n) is 5.64. The first-order valence-corrected chi connectivity index (χ1v) is 8.61. The smallest absolute Gasteiger partial charge is 0.308 e. The fourth-order valence-electron chi connectivity index (χ4n) is 2.21. The van der Waals surface area contributed by atoms with E-state index in [9.17, 15) is 14.4 Å². The third-order valence-electron chi connectivity index (χ3n) is 3.44. The molecular weight excluding hydrogens is 352 g/mol. The van der Waals surface area contributed by atoms with Crippen LogP contribution in [0.2, 0.25) is 0 Å². The number of hydrogen-bond acceptors (Lipinski definition) is 6. The van der Waals surface area contributed by atoms with Gasteiger partial charge in [-0.2, -0.15) is 0 Å². The molecule has 0 saturated carbocycles. The first-order valence-electron chi connectivity index (χ1n) is 8.61. The van der Waals surface area contributed by atoms with E-state index in [-0.39, 0.29) is 37.9 Å². The van der Waals surface area contributed by atoms with Gasteiger partial charge in [-0.1, -0.05) is 6.07 Å². The molecule has 0 bridgehead atoms. The lowest BCUT2D eigenvalue weighted by Gasteiger charge is -2.18. The molecule has 0 spiro atoms. The number of nitrogens with zero attached hydrogens (tertiary/aromatic N) is 1. The normalized spacial score (nSPS) is 11.1. The number of ether oxygens (including phenoxy) is 1. The van der Waals surface area contributed by atoms with Crippen molar-refractivity contribution >= 4 is 23.7 Å². The zero-order valence-corrected chi connectivity index (χ0v) is 15.3. The number of guanidine groups is 1. The van der Waals surface area contributed by atoms with Crippen LogP contribution in [-0.4, -0.2) is 48.4 Å². The third-order valence-corrected chi connectivity index (χ3v) is 3.44. The Morgan fingerprint density at radius 3 is 2.70 bits per heavy atom. The molecule has 6 N–H and O–H groups in total. The quantitative estimate of drug-likeness (QED) is 0.151. The summed E-state index contributed by atoms with van der Waals surface area (Å²) in [5.74, 6) is -1.31. The summed E-state index contributed by atoms with van der Waals surface area (Å²) < 4.78 is 4.94. The van der Waals surface area contributed by atoms with Gasteiger partial charge in [0.2, 0.25) is 11.8 Å². The molecule has 0 radical (unpaired) electrons. The van der Waals surface area contributed by atoms with Gasteiger partial charge in [-0.05, 0) is 25.0 Å². The molecule has 0 saturated heterocycles. The van der Waals surface area contributed by atoms with Gasteiger partial charge in [-0.15, -0.1) is 0 Å². The van der Waals surface area contributed by atoms with Crippen molar-refractivity contribution in [1.82, 2.24) is 20.9 Å². The number of nitrogens with two attached hydrogens (primary N) is 1. The summed E-state index contributed by atoms with van der Waals surface area (Å²) in [4.78, 5) is 39.6. The highest BCUT2D eigenvalue weighted by molar-refractivity contribution is 5.85. The number of carbonyl (C=O) groups is 3. The fourth-order valence-corrected chi connectivity index (χ4v) is 2.21. The maximum atomic E-state index is 12.1. The number of rotatable bonds is 11. The van der Waals surface area contributed by atoms with Gasteiger partial charge in [0.1, 0.15) is 0 Å². The van der Waals surface area contributed by atoms with Gasteiger partial charge in [0, 0.05) is 25.4 Å². The maximum Gasteiger partial charge on any atom is 0.308 e. The number of carbonyl (C=O) groups excluding carboxylic acids is 3. The Morgan fingerprint density at radius 1 is 1.30 bits per heavy atom. The van der Waals surface area contributed by atoms with Crippen LogP contribution in [0, 0.1) is 5.41 Å². The van der Waals surface area contributed by atoms with Gasteiger partial charge in [-0.3, -0.25) is 24.8 Å². The van der Waals surface area contributed by atoms with Crippen LogP contribution >= 0.6 is 0 Å². The second kappa shape index (κ2) is 12.2. The molecule has 10 nitrogen and oxygen atoms in total. The van der Waals surface area contributed by atoms with E-state index in [0.717, 1.165) is 0 Å². The summed E-state index contributed by atoms with van der Waals surface area (Å²) >= 11 is 0. The number of amides is 2. The number of aromatic nitrogens is 1. The van der Waals surface area contributed by atoms with E-state index in [0.29, 0.717) is 18.5 Å². The van der Waals surface area contributed by atoms with Gasteiger partial charge < -0.3 is 26.4 Å². The fraction of sp³-hybridized carbons (Fsp3) is 0.471. The van der Waals surface area contributed by atoms with Crippen molar-refractivity contribution in [1.29, 1.82) is 5.41 Å². The Hall–Kier alpha value is -3.17. The number of hydrogen-bond donors (Lipinski definition) is 5.